The quantitative estimate of drug-likeness (QED) is 0.205. The first-order chi connectivity index (χ1) is 18.8. The molecule has 9 nitrogen and oxygen atoms in total. The Morgan fingerprint density at radius 1 is 1.10 bits per heavy atom. The molecule has 0 amide bonds. The second kappa shape index (κ2) is 11.2. The Morgan fingerprint density at radius 3 is 2.35 bits per heavy atom. The number of rotatable bonds is 8. The van der Waals surface area contributed by atoms with Crippen LogP contribution in [0.2, 0.25) is 0 Å². The maximum atomic E-state index is 13.1. The molecule has 1 saturated heterocycles. The van der Waals surface area contributed by atoms with Crippen LogP contribution in [0.5, 0.6) is 5.75 Å². The lowest BCUT2D eigenvalue weighted by Gasteiger charge is -2.60. The minimum atomic E-state index is -1.24. The first-order valence-electron chi connectivity index (χ1n) is 13.5. The fraction of sp³-hybridized carbons (Fsp3) is 0.516. The highest BCUT2D eigenvalue weighted by molar-refractivity contribution is 5.89. The molecule has 9 heteroatoms. The van der Waals surface area contributed by atoms with Crippen molar-refractivity contribution in [1.29, 1.82) is 0 Å². The lowest BCUT2D eigenvalue weighted by atomic mass is 9.45. The fourth-order valence-corrected chi connectivity index (χ4v) is 6.82. The molecule has 1 aliphatic heterocycles. The van der Waals surface area contributed by atoms with Gasteiger partial charge in [-0.3, -0.25) is 14.3 Å². The number of benzene rings is 1. The molecule has 216 valence electrons. The van der Waals surface area contributed by atoms with Crippen LogP contribution in [0, 0.1) is 22.7 Å². The maximum absolute atomic E-state index is 13.1. The van der Waals surface area contributed by atoms with Crippen molar-refractivity contribution in [2.45, 2.75) is 78.2 Å². The number of ether oxygens (including phenoxy) is 4. The molecule has 1 spiro atoms. The standard InChI is InChI=1S/C31H38O9/c1-7-17(2)12-13-30(6)18(3)14-26(35)31-24(28(37-19(4)32)40-29(31)38-20(5)33)15-23(16-25(30)31)39-27(36)21-8-10-22(34)11-9-21/h7-11,15,18,23,25-26,28-29,34-35H,1-2,12-14,16H2,3-6H3/t18-,23-,25+,26?,28+,29-,30-,31?/m1/s1. The number of hydrogen-bond acceptors (Lipinski definition) is 9. The number of esters is 3. The fourth-order valence-electron chi connectivity index (χ4n) is 6.82. The number of hydrogen-bond donors (Lipinski definition) is 2. The number of aromatic hydroxyl groups is 1. The Labute approximate surface area is 234 Å². The average molecular weight is 555 g/mol. The lowest BCUT2D eigenvalue weighted by Crippen LogP contribution is -2.63. The van der Waals surface area contributed by atoms with Crippen LogP contribution in [0.4, 0.5) is 0 Å². The van der Waals surface area contributed by atoms with Crippen LogP contribution in [0.25, 0.3) is 0 Å². The molecule has 2 unspecified atom stereocenters. The van der Waals surface area contributed by atoms with Gasteiger partial charge >= 0.3 is 17.9 Å². The van der Waals surface area contributed by atoms with Gasteiger partial charge in [0, 0.05) is 19.4 Å². The third-order valence-electron chi connectivity index (χ3n) is 9.03. The SMILES string of the molecule is C=CC(=C)CC[C@]1(C)[C@H](C)CC(O)C23C(=C[C@@H](OC(=O)c4ccc(O)cc4)C[C@H]21)[C@@H](OC(C)=O)O[C@H]3OC(C)=O. The van der Waals surface area contributed by atoms with E-state index in [-0.39, 0.29) is 17.2 Å². The van der Waals surface area contributed by atoms with Gasteiger partial charge in [0.05, 0.1) is 17.1 Å². The van der Waals surface area contributed by atoms with Crippen molar-refractivity contribution < 1.29 is 43.5 Å². The first-order valence-corrected chi connectivity index (χ1v) is 13.5. The molecule has 0 radical (unpaired) electrons. The van der Waals surface area contributed by atoms with Crippen molar-refractivity contribution in [1.82, 2.24) is 0 Å². The van der Waals surface area contributed by atoms with Crippen molar-refractivity contribution in [2.24, 2.45) is 22.7 Å². The summed E-state index contributed by atoms with van der Waals surface area (Å²) in [5.74, 6) is -2.18. The highest BCUT2D eigenvalue weighted by Crippen LogP contribution is 2.67. The summed E-state index contributed by atoms with van der Waals surface area (Å²) in [6, 6.07) is 5.72. The van der Waals surface area contributed by atoms with E-state index in [0.717, 1.165) is 5.57 Å². The third kappa shape index (κ3) is 5.20. The van der Waals surface area contributed by atoms with Gasteiger partial charge in [0.25, 0.3) is 0 Å². The van der Waals surface area contributed by atoms with Gasteiger partial charge in [-0.05, 0) is 73.3 Å². The van der Waals surface area contributed by atoms with Crippen molar-refractivity contribution in [2.75, 3.05) is 0 Å². The average Bonchev–Trinajstić information content (AvgIpc) is 3.18. The smallest absolute Gasteiger partial charge is 0.338 e. The predicted molar refractivity (Wildman–Crippen MR) is 145 cm³/mol. The van der Waals surface area contributed by atoms with E-state index >= 15 is 0 Å². The van der Waals surface area contributed by atoms with Crippen LogP contribution >= 0.6 is 0 Å². The Morgan fingerprint density at radius 2 is 1.75 bits per heavy atom. The molecule has 1 saturated carbocycles. The van der Waals surface area contributed by atoms with Gasteiger partial charge in [-0.1, -0.05) is 38.7 Å². The van der Waals surface area contributed by atoms with Gasteiger partial charge in [-0.25, -0.2) is 4.79 Å². The molecule has 40 heavy (non-hydrogen) atoms. The minimum Gasteiger partial charge on any atom is -0.508 e. The Balaban J connectivity index is 1.84. The summed E-state index contributed by atoms with van der Waals surface area (Å²) < 4.78 is 23.2. The maximum Gasteiger partial charge on any atom is 0.338 e. The Kier molecular flexibility index (Phi) is 8.28. The Hall–Kier alpha value is -3.43. The molecule has 4 rings (SSSR count). The molecule has 1 aromatic rings. The van der Waals surface area contributed by atoms with Gasteiger partial charge in [0.1, 0.15) is 11.9 Å². The molecule has 2 aliphatic carbocycles. The highest BCUT2D eigenvalue weighted by atomic mass is 16.8. The molecule has 8 atom stereocenters. The molecule has 1 aromatic carbocycles. The summed E-state index contributed by atoms with van der Waals surface area (Å²) in [6.45, 7) is 14.6. The van der Waals surface area contributed by atoms with E-state index in [1.54, 1.807) is 12.2 Å². The van der Waals surface area contributed by atoms with E-state index in [1.165, 1.54) is 38.1 Å². The number of carbonyl (C=O) groups is 3. The predicted octanol–water partition coefficient (Wildman–Crippen LogP) is 4.59. The molecule has 0 aromatic heterocycles. The van der Waals surface area contributed by atoms with Crippen molar-refractivity contribution in [3.05, 3.63) is 66.3 Å². The normalized spacial score (nSPS) is 34.5. The van der Waals surface area contributed by atoms with Gasteiger partial charge < -0.3 is 24.4 Å². The van der Waals surface area contributed by atoms with E-state index < -0.39 is 59.4 Å². The topological polar surface area (TPSA) is 129 Å². The third-order valence-corrected chi connectivity index (χ3v) is 9.03. The summed E-state index contributed by atoms with van der Waals surface area (Å²) in [6.07, 6.45) is 1.18. The number of phenols is 1. The van der Waals surface area contributed by atoms with E-state index in [0.29, 0.717) is 31.3 Å². The molecule has 1 heterocycles. The largest absolute Gasteiger partial charge is 0.508 e. The number of allylic oxidation sites excluding steroid dienone is 2. The van der Waals surface area contributed by atoms with Gasteiger partial charge in [0.2, 0.25) is 12.6 Å². The van der Waals surface area contributed by atoms with Crippen LogP contribution in [-0.2, 0) is 28.5 Å². The van der Waals surface area contributed by atoms with Crippen LogP contribution in [0.3, 0.4) is 0 Å². The van der Waals surface area contributed by atoms with Crippen molar-refractivity contribution >= 4 is 17.9 Å². The summed E-state index contributed by atoms with van der Waals surface area (Å²) in [7, 11) is 0. The molecule has 2 N–H and O–H groups in total. The van der Waals surface area contributed by atoms with Crippen LogP contribution in [-0.4, -0.2) is 52.9 Å². The van der Waals surface area contributed by atoms with Gasteiger partial charge in [-0.15, -0.1) is 0 Å². The monoisotopic (exact) mass is 554 g/mol. The van der Waals surface area contributed by atoms with E-state index in [9.17, 15) is 24.6 Å². The first kappa shape index (κ1) is 29.6. The zero-order chi connectivity index (χ0) is 29.4. The number of carbonyl (C=O) groups excluding carboxylic acids is 3. The minimum absolute atomic E-state index is 0.0204. The lowest BCUT2D eigenvalue weighted by molar-refractivity contribution is -0.254. The van der Waals surface area contributed by atoms with Crippen LogP contribution in [0.1, 0.15) is 63.7 Å². The van der Waals surface area contributed by atoms with E-state index in [1.807, 2.05) is 0 Å². The van der Waals surface area contributed by atoms with Gasteiger partial charge in [-0.2, -0.15) is 0 Å². The number of aliphatic hydroxyl groups is 1. The summed E-state index contributed by atoms with van der Waals surface area (Å²) in [5.41, 5.74) is -0.147. The summed E-state index contributed by atoms with van der Waals surface area (Å²) in [4.78, 5) is 37.4. The van der Waals surface area contributed by atoms with Crippen molar-refractivity contribution in [3.63, 3.8) is 0 Å². The number of phenolic OH excluding ortho intramolecular Hbond substituents is 1. The second-order valence-corrected chi connectivity index (χ2v) is 11.4. The zero-order valence-corrected chi connectivity index (χ0v) is 23.4. The molecule has 0 bridgehead atoms. The summed E-state index contributed by atoms with van der Waals surface area (Å²) in [5, 5.41) is 21.4. The van der Waals surface area contributed by atoms with Crippen molar-refractivity contribution in [3.8, 4) is 5.75 Å². The van der Waals surface area contributed by atoms with E-state index in [2.05, 4.69) is 27.0 Å². The van der Waals surface area contributed by atoms with Crippen LogP contribution < -0.4 is 0 Å². The molecule has 3 aliphatic rings. The molecular weight excluding hydrogens is 516 g/mol. The molecule has 2 fully saturated rings. The van der Waals surface area contributed by atoms with Crippen LogP contribution in [0.15, 0.2) is 60.7 Å². The number of aliphatic hydroxyl groups excluding tert-OH is 1. The molecular formula is C31H38O9. The Bertz CT molecular complexity index is 1220. The summed E-state index contributed by atoms with van der Waals surface area (Å²) >= 11 is 0. The highest BCUT2D eigenvalue weighted by Gasteiger charge is 2.71. The van der Waals surface area contributed by atoms with E-state index in [4.69, 9.17) is 18.9 Å². The zero-order valence-electron chi connectivity index (χ0n) is 23.4. The van der Waals surface area contributed by atoms with Gasteiger partial charge in [0.15, 0.2) is 0 Å². The second-order valence-electron chi connectivity index (χ2n) is 11.4.